The molecule has 0 saturated carbocycles. The first kappa shape index (κ1) is 14.6. The highest BCUT2D eigenvalue weighted by Crippen LogP contribution is 2.25. The third kappa shape index (κ3) is 3.45. The van der Waals surface area contributed by atoms with E-state index in [-0.39, 0.29) is 6.42 Å². The van der Waals surface area contributed by atoms with E-state index in [2.05, 4.69) is 4.98 Å². The maximum absolute atomic E-state index is 12.3. The Kier molecular flexibility index (Phi) is 3.84. The summed E-state index contributed by atoms with van der Waals surface area (Å²) < 4.78 is 36.9. The second-order valence-electron chi connectivity index (χ2n) is 5.20. The van der Waals surface area contributed by atoms with E-state index >= 15 is 0 Å². The molecule has 22 heavy (non-hydrogen) atoms. The number of rotatable bonds is 3. The molecule has 3 aromatic rings. The van der Waals surface area contributed by atoms with Gasteiger partial charge in [-0.2, -0.15) is 13.2 Å². The van der Waals surface area contributed by atoms with Gasteiger partial charge in [-0.05, 0) is 30.2 Å². The average Bonchev–Trinajstić information content (AvgIpc) is 2.52. The van der Waals surface area contributed by atoms with Crippen LogP contribution in [0.15, 0.2) is 60.7 Å². The highest BCUT2D eigenvalue weighted by Gasteiger charge is 2.26. The van der Waals surface area contributed by atoms with Crippen LogP contribution in [0.25, 0.3) is 22.2 Å². The van der Waals surface area contributed by atoms with E-state index in [0.29, 0.717) is 5.56 Å². The molecule has 0 N–H and O–H groups in total. The van der Waals surface area contributed by atoms with Gasteiger partial charge in [-0.15, -0.1) is 0 Å². The van der Waals surface area contributed by atoms with Gasteiger partial charge in [0.1, 0.15) is 0 Å². The summed E-state index contributed by atoms with van der Waals surface area (Å²) in [5.74, 6) is 0. The summed E-state index contributed by atoms with van der Waals surface area (Å²) in [6.07, 6.45) is -4.92. The van der Waals surface area contributed by atoms with Crippen molar-refractivity contribution >= 4 is 10.9 Å². The lowest BCUT2D eigenvalue weighted by Gasteiger charge is -2.08. The van der Waals surface area contributed by atoms with Crippen LogP contribution in [-0.4, -0.2) is 11.2 Å². The number of alkyl halides is 3. The minimum Gasteiger partial charge on any atom is -0.248 e. The van der Waals surface area contributed by atoms with Gasteiger partial charge >= 0.3 is 6.18 Å². The molecule has 0 spiro atoms. The molecule has 3 rings (SSSR count). The maximum atomic E-state index is 12.3. The van der Waals surface area contributed by atoms with Crippen LogP contribution in [0, 0.1) is 0 Å². The molecule has 0 bridgehead atoms. The Balaban J connectivity index is 1.88. The maximum Gasteiger partial charge on any atom is 0.389 e. The molecule has 0 saturated heterocycles. The topological polar surface area (TPSA) is 12.9 Å². The molecule has 1 nitrogen and oxygen atoms in total. The lowest BCUT2D eigenvalue weighted by molar-refractivity contribution is -0.133. The molecule has 4 heteroatoms. The van der Waals surface area contributed by atoms with E-state index in [9.17, 15) is 13.2 Å². The molecule has 0 amide bonds. The quantitative estimate of drug-likeness (QED) is 0.631. The van der Waals surface area contributed by atoms with Crippen LogP contribution in [0.2, 0.25) is 0 Å². The molecule has 0 atom stereocenters. The van der Waals surface area contributed by atoms with Gasteiger partial charge in [0.2, 0.25) is 0 Å². The van der Waals surface area contributed by atoms with Crippen LogP contribution in [0.4, 0.5) is 13.2 Å². The number of benzene rings is 2. The second-order valence-corrected chi connectivity index (χ2v) is 5.20. The number of aromatic nitrogens is 1. The zero-order valence-corrected chi connectivity index (χ0v) is 11.8. The van der Waals surface area contributed by atoms with Crippen molar-refractivity contribution in [3.63, 3.8) is 0 Å². The third-order valence-electron chi connectivity index (χ3n) is 3.52. The fourth-order valence-corrected chi connectivity index (χ4v) is 2.39. The molecule has 0 radical (unpaired) electrons. The molecular formula is C18H14F3N. The van der Waals surface area contributed by atoms with E-state index in [1.165, 1.54) is 0 Å². The van der Waals surface area contributed by atoms with E-state index in [1.54, 1.807) is 18.2 Å². The Hall–Kier alpha value is -2.36. The number of fused-ring (bicyclic) bond motifs is 1. The monoisotopic (exact) mass is 301 g/mol. The summed E-state index contributed by atoms with van der Waals surface area (Å²) in [5.41, 5.74) is 3.35. The minimum absolute atomic E-state index is 0.000122. The summed E-state index contributed by atoms with van der Waals surface area (Å²) in [4.78, 5) is 4.57. The lowest BCUT2D eigenvalue weighted by Crippen LogP contribution is -2.08. The molecule has 0 aliphatic carbocycles. The number of nitrogens with zero attached hydrogens (tertiary/aromatic N) is 1. The van der Waals surface area contributed by atoms with Crippen molar-refractivity contribution in [2.45, 2.75) is 19.0 Å². The van der Waals surface area contributed by atoms with Crippen molar-refractivity contribution in [2.24, 2.45) is 0 Å². The number of halogens is 3. The molecule has 0 aliphatic heterocycles. The largest absolute Gasteiger partial charge is 0.389 e. The smallest absolute Gasteiger partial charge is 0.248 e. The third-order valence-corrected chi connectivity index (χ3v) is 3.52. The van der Waals surface area contributed by atoms with Crippen molar-refractivity contribution in [1.29, 1.82) is 0 Å². The molecular weight excluding hydrogens is 287 g/mol. The van der Waals surface area contributed by atoms with Crippen molar-refractivity contribution < 1.29 is 13.2 Å². The van der Waals surface area contributed by atoms with Gasteiger partial charge in [-0.3, -0.25) is 0 Å². The highest BCUT2D eigenvalue weighted by atomic mass is 19.4. The first-order valence-electron chi connectivity index (χ1n) is 7.03. The first-order chi connectivity index (χ1) is 10.5. The van der Waals surface area contributed by atoms with Gasteiger partial charge < -0.3 is 0 Å². The fourth-order valence-electron chi connectivity index (χ4n) is 2.39. The second kappa shape index (κ2) is 5.79. The average molecular weight is 301 g/mol. The summed E-state index contributed by atoms with van der Waals surface area (Å²) in [6, 6.07) is 18.9. The summed E-state index contributed by atoms with van der Waals surface area (Å²) >= 11 is 0. The van der Waals surface area contributed by atoms with Crippen LogP contribution in [0.3, 0.4) is 0 Å². The number of hydrogen-bond acceptors (Lipinski definition) is 1. The molecule has 112 valence electrons. The molecule has 2 aromatic carbocycles. The SMILES string of the molecule is FC(F)(F)CCc1ccc2nc(-c3ccccc3)ccc2c1. The lowest BCUT2D eigenvalue weighted by atomic mass is 10.0. The summed E-state index contributed by atoms with van der Waals surface area (Å²) in [7, 11) is 0. The van der Waals surface area contributed by atoms with Gasteiger partial charge in [0.05, 0.1) is 11.2 Å². The number of aryl methyl sites for hydroxylation is 1. The molecule has 1 heterocycles. The number of pyridine rings is 1. The number of hydrogen-bond donors (Lipinski definition) is 0. The predicted octanol–water partition coefficient (Wildman–Crippen LogP) is 5.40. The van der Waals surface area contributed by atoms with Crippen LogP contribution < -0.4 is 0 Å². The van der Waals surface area contributed by atoms with Gasteiger partial charge in [0, 0.05) is 17.4 Å². The Bertz CT molecular complexity index is 779. The predicted molar refractivity (Wildman–Crippen MR) is 81.6 cm³/mol. The fraction of sp³-hybridized carbons (Fsp3) is 0.167. The Morgan fingerprint density at radius 2 is 1.64 bits per heavy atom. The summed E-state index contributed by atoms with van der Waals surface area (Å²) in [5, 5.41) is 0.861. The first-order valence-corrected chi connectivity index (χ1v) is 7.03. The van der Waals surface area contributed by atoms with E-state index in [4.69, 9.17) is 0 Å². The van der Waals surface area contributed by atoms with Gasteiger partial charge in [0.25, 0.3) is 0 Å². The highest BCUT2D eigenvalue weighted by molar-refractivity contribution is 5.82. The van der Waals surface area contributed by atoms with Crippen molar-refractivity contribution in [2.75, 3.05) is 0 Å². The normalized spacial score (nSPS) is 11.8. The van der Waals surface area contributed by atoms with Crippen molar-refractivity contribution in [3.05, 3.63) is 66.2 Å². The molecule has 0 unspecified atom stereocenters. The van der Waals surface area contributed by atoms with Crippen molar-refractivity contribution in [1.82, 2.24) is 4.98 Å². The standard InChI is InChI=1S/C18H14F3N/c19-18(20,21)11-10-13-6-8-17-15(12-13)7-9-16(22-17)14-4-2-1-3-5-14/h1-9,12H,10-11H2. The van der Waals surface area contributed by atoms with Crippen LogP contribution in [0.5, 0.6) is 0 Å². The Morgan fingerprint density at radius 3 is 2.36 bits per heavy atom. The zero-order valence-electron chi connectivity index (χ0n) is 11.8. The van der Waals surface area contributed by atoms with Crippen molar-refractivity contribution in [3.8, 4) is 11.3 Å². The van der Waals surface area contributed by atoms with E-state index < -0.39 is 12.6 Å². The molecule has 0 aliphatic rings. The molecule has 0 fully saturated rings. The van der Waals surface area contributed by atoms with Crippen LogP contribution >= 0.6 is 0 Å². The molecule has 1 aromatic heterocycles. The van der Waals surface area contributed by atoms with Gasteiger partial charge in [0.15, 0.2) is 0 Å². The van der Waals surface area contributed by atoms with Gasteiger partial charge in [-0.1, -0.05) is 42.5 Å². The Labute approximate surface area is 126 Å². The Morgan fingerprint density at radius 1 is 0.864 bits per heavy atom. The zero-order chi connectivity index (χ0) is 15.6. The van der Waals surface area contributed by atoms with Gasteiger partial charge in [-0.25, -0.2) is 4.98 Å². The summed E-state index contributed by atoms with van der Waals surface area (Å²) in [6.45, 7) is 0. The van der Waals surface area contributed by atoms with E-state index in [1.807, 2.05) is 42.5 Å². The van der Waals surface area contributed by atoms with Crippen LogP contribution in [-0.2, 0) is 6.42 Å². The minimum atomic E-state index is -4.12. The van der Waals surface area contributed by atoms with E-state index in [0.717, 1.165) is 22.2 Å². The van der Waals surface area contributed by atoms with Crippen LogP contribution in [0.1, 0.15) is 12.0 Å².